The van der Waals surface area contributed by atoms with Gasteiger partial charge in [-0.05, 0) is 11.1 Å². The molecule has 3 rings (SSSR count). The van der Waals surface area contributed by atoms with E-state index in [1.807, 2.05) is 48.3 Å². The van der Waals surface area contributed by atoms with E-state index < -0.39 is 5.72 Å². The Labute approximate surface area is 135 Å². The van der Waals surface area contributed by atoms with Crippen LogP contribution in [0.4, 0.5) is 0 Å². The molecule has 0 aliphatic carbocycles. The fourth-order valence-electron chi connectivity index (χ4n) is 3.04. The van der Waals surface area contributed by atoms with Gasteiger partial charge in [-0.1, -0.05) is 72.4 Å². The first-order valence-electron chi connectivity index (χ1n) is 7.32. The van der Waals surface area contributed by atoms with Crippen LogP contribution in [-0.2, 0) is 0 Å². The number of nitrogens with zero attached hydrogens (tertiary/aromatic N) is 2. The van der Waals surface area contributed by atoms with Gasteiger partial charge >= 0.3 is 0 Å². The summed E-state index contributed by atoms with van der Waals surface area (Å²) >= 11 is 1.60. The van der Waals surface area contributed by atoms with Gasteiger partial charge in [-0.3, -0.25) is 4.99 Å². The molecule has 2 aromatic rings. The zero-order valence-corrected chi connectivity index (χ0v) is 13.6. The predicted octanol–water partition coefficient (Wildman–Crippen LogP) is 3.17. The van der Waals surface area contributed by atoms with Crippen LogP contribution in [0.3, 0.4) is 0 Å². The maximum absolute atomic E-state index is 11.5. The largest absolute Gasteiger partial charge is 0.369 e. The first-order valence-corrected chi connectivity index (χ1v) is 8.31. The van der Waals surface area contributed by atoms with Crippen molar-refractivity contribution < 1.29 is 5.11 Å². The molecule has 1 N–H and O–H groups in total. The van der Waals surface area contributed by atoms with Crippen molar-refractivity contribution in [2.24, 2.45) is 4.99 Å². The molecule has 4 heteroatoms. The topological polar surface area (TPSA) is 35.8 Å². The predicted molar refractivity (Wildman–Crippen MR) is 93.3 cm³/mol. The molecule has 0 radical (unpaired) electrons. The Morgan fingerprint density at radius 1 is 1.05 bits per heavy atom. The summed E-state index contributed by atoms with van der Waals surface area (Å²) in [5.41, 5.74) is 1.24. The van der Waals surface area contributed by atoms with E-state index in [0.717, 1.165) is 16.3 Å². The van der Waals surface area contributed by atoms with Crippen LogP contribution in [-0.4, -0.2) is 40.7 Å². The molecule has 0 bridgehead atoms. The van der Waals surface area contributed by atoms with Crippen LogP contribution in [0.5, 0.6) is 0 Å². The molecule has 1 heterocycles. The van der Waals surface area contributed by atoms with E-state index in [0.29, 0.717) is 5.75 Å². The van der Waals surface area contributed by atoms with Crippen molar-refractivity contribution in [1.82, 2.24) is 4.90 Å². The number of aliphatic hydroxyl groups is 1. The summed E-state index contributed by atoms with van der Waals surface area (Å²) in [4.78, 5) is 6.18. The average molecular weight is 312 g/mol. The van der Waals surface area contributed by atoms with E-state index in [-0.39, 0.29) is 5.92 Å². The molecular formula is C18H20N2OS. The summed E-state index contributed by atoms with van der Waals surface area (Å²) in [5.74, 6) is 0.483. The third-order valence-corrected chi connectivity index (χ3v) is 5.48. The molecule has 2 aromatic carbocycles. The maximum Gasteiger partial charge on any atom is 0.161 e. The lowest BCUT2D eigenvalue weighted by atomic mass is 9.82. The van der Waals surface area contributed by atoms with Gasteiger partial charge in [0.05, 0.1) is 5.92 Å². The number of rotatable bonds is 3. The summed E-state index contributed by atoms with van der Waals surface area (Å²) in [5, 5.41) is 12.3. The highest BCUT2D eigenvalue weighted by Gasteiger charge is 2.48. The number of thioether (sulfide) groups is 1. The minimum atomic E-state index is -0.984. The molecule has 1 unspecified atom stereocenters. The summed E-state index contributed by atoms with van der Waals surface area (Å²) in [6.45, 7) is 0. The SMILES string of the molecule is CN=C1SCC(O)(C(c2ccccc2)c2ccccc2)N1C. The number of likely N-dealkylation sites (N-methyl/N-ethyl adjacent to an activating group) is 1. The van der Waals surface area contributed by atoms with Crippen LogP contribution in [0, 0.1) is 0 Å². The first kappa shape index (κ1) is 15.1. The van der Waals surface area contributed by atoms with Crippen LogP contribution >= 0.6 is 11.8 Å². The first-order chi connectivity index (χ1) is 10.7. The number of benzene rings is 2. The second kappa shape index (κ2) is 6.15. The lowest BCUT2D eigenvalue weighted by Gasteiger charge is -2.38. The van der Waals surface area contributed by atoms with Crippen molar-refractivity contribution >= 4 is 16.9 Å². The van der Waals surface area contributed by atoms with Crippen LogP contribution in [0.1, 0.15) is 17.0 Å². The smallest absolute Gasteiger partial charge is 0.161 e. The summed E-state index contributed by atoms with van der Waals surface area (Å²) in [6.07, 6.45) is 0. The number of aliphatic imine (C=N–C) groups is 1. The van der Waals surface area contributed by atoms with Gasteiger partial charge in [0.25, 0.3) is 0 Å². The van der Waals surface area contributed by atoms with E-state index in [9.17, 15) is 5.11 Å². The van der Waals surface area contributed by atoms with Crippen LogP contribution in [0.25, 0.3) is 0 Å². The molecule has 0 saturated carbocycles. The van der Waals surface area contributed by atoms with Crippen molar-refractivity contribution in [3.63, 3.8) is 0 Å². The van der Waals surface area contributed by atoms with Gasteiger partial charge in [-0.15, -0.1) is 0 Å². The van der Waals surface area contributed by atoms with Gasteiger partial charge in [-0.25, -0.2) is 0 Å². The summed E-state index contributed by atoms with van der Waals surface area (Å²) in [7, 11) is 3.69. The van der Waals surface area contributed by atoms with Gasteiger partial charge in [0.1, 0.15) is 0 Å². The molecule has 1 atom stereocenters. The molecule has 3 nitrogen and oxygen atoms in total. The fourth-order valence-corrected chi connectivity index (χ4v) is 4.22. The molecule has 1 aliphatic rings. The zero-order valence-electron chi connectivity index (χ0n) is 12.8. The highest BCUT2D eigenvalue weighted by molar-refractivity contribution is 8.14. The lowest BCUT2D eigenvalue weighted by molar-refractivity contribution is -0.0434. The molecule has 22 heavy (non-hydrogen) atoms. The molecule has 1 saturated heterocycles. The third kappa shape index (κ3) is 2.53. The standard InChI is InChI=1S/C18H20N2OS/c1-19-17-20(2)18(21,13-22-17)16(14-9-5-3-6-10-14)15-11-7-4-8-12-15/h3-12,16,21H,13H2,1-2H3. The monoisotopic (exact) mass is 312 g/mol. The van der Waals surface area contributed by atoms with Gasteiger partial charge in [0.2, 0.25) is 0 Å². The zero-order chi connectivity index (χ0) is 15.6. The van der Waals surface area contributed by atoms with E-state index >= 15 is 0 Å². The molecule has 1 aliphatic heterocycles. The van der Waals surface area contributed by atoms with Crippen molar-refractivity contribution in [1.29, 1.82) is 0 Å². The molecule has 0 spiro atoms. The van der Waals surface area contributed by atoms with Crippen molar-refractivity contribution in [3.05, 3.63) is 71.8 Å². The molecule has 0 amide bonds. The van der Waals surface area contributed by atoms with Gasteiger partial charge in [0.15, 0.2) is 10.9 Å². The van der Waals surface area contributed by atoms with Crippen molar-refractivity contribution in [2.75, 3.05) is 19.8 Å². The molecular weight excluding hydrogens is 292 g/mol. The number of hydrogen-bond donors (Lipinski definition) is 1. The van der Waals surface area contributed by atoms with Crippen LogP contribution in [0.15, 0.2) is 65.7 Å². The van der Waals surface area contributed by atoms with E-state index in [4.69, 9.17) is 0 Å². The highest BCUT2D eigenvalue weighted by Crippen LogP contribution is 2.43. The second-order valence-corrected chi connectivity index (χ2v) is 6.43. The van der Waals surface area contributed by atoms with Gasteiger partial charge < -0.3 is 10.0 Å². The van der Waals surface area contributed by atoms with E-state index in [2.05, 4.69) is 29.3 Å². The highest BCUT2D eigenvalue weighted by atomic mass is 32.2. The Kier molecular flexibility index (Phi) is 4.23. The maximum atomic E-state index is 11.5. The Bertz CT molecular complexity index is 620. The third-order valence-electron chi connectivity index (χ3n) is 4.20. The summed E-state index contributed by atoms with van der Waals surface area (Å²) < 4.78 is 0. The van der Waals surface area contributed by atoms with Crippen LogP contribution in [0.2, 0.25) is 0 Å². The van der Waals surface area contributed by atoms with Gasteiger partial charge in [0, 0.05) is 19.8 Å². The minimum Gasteiger partial charge on any atom is -0.369 e. The lowest BCUT2D eigenvalue weighted by Crippen LogP contribution is -2.50. The Balaban J connectivity index is 2.11. The van der Waals surface area contributed by atoms with Crippen molar-refractivity contribution in [3.8, 4) is 0 Å². The Morgan fingerprint density at radius 3 is 1.95 bits per heavy atom. The average Bonchev–Trinajstić information content (AvgIpc) is 2.85. The van der Waals surface area contributed by atoms with Gasteiger partial charge in [-0.2, -0.15) is 0 Å². The Hall–Kier alpha value is -1.78. The minimum absolute atomic E-state index is 0.119. The van der Waals surface area contributed by atoms with E-state index in [1.165, 1.54) is 0 Å². The molecule has 0 aromatic heterocycles. The number of hydrogen-bond acceptors (Lipinski definition) is 3. The normalized spacial score (nSPS) is 23.5. The molecule has 114 valence electrons. The van der Waals surface area contributed by atoms with Crippen molar-refractivity contribution in [2.45, 2.75) is 11.6 Å². The molecule has 1 fully saturated rings. The Morgan fingerprint density at radius 2 is 1.55 bits per heavy atom. The van der Waals surface area contributed by atoms with Crippen LogP contribution < -0.4 is 0 Å². The van der Waals surface area contributed by atoms with E-state index in [1.54, 1.807) is 18.8 Å². The summed E-state index contributed by atoms with van der Waals surface area (Å²) in [6, 6.07) is 20.4. The quantitative estimate of drug-likeness (QED) is 0.945. The number of amidine groups is 1. The fraction of sp³-hybridized carbons (Fsp3) is 0.278. The second-order valence-electron chi connectivity index (χ2n) is 5.49.